The molecule has 0 spiro atoms. The summed E-state index contributed by atoms with van der Waals surface area (Å²) in [6.07, 6.45) is 7.66. The number of carbonyl (C=O) groups excluding carboxylic acids is 1. The first-order chi connectivity index (χ1) is 11.6. The Kier molecular flexibility index (Phi) is 5.54. The molecule has 2 fully saturated rings. The lowest BCUT2D eigenvalue weighted by molar-refractivity contribution is -0.130. The molecular formula is C18H30N4O2. The van der Waals surface area contributed by atoms with Gasteiger partial charge in [0, 0.05) is 32.0 Å². The van der Waals surface area contributed by atoms with Gasteiger partial charge in [-0.2, -0.15) is 4.98 Å². The highest BCUT2D eigenvalue weighted by Gasteiger charge is 2.41. The van der Waals surface area contributed by atoms with E-state index in [-0.39, 0.29) is 11.9 Å². The van der Waals surface area contributed by atoms with Crippen LogP contribution < -0.4 is 0 Å². The maximum absolute atomic E-state index is 11.9. The highest BCUT2D eigenvalue weighted by molar-refractivity contribution is 5.74. The van der Waals surface area contributed by atoms with E-state index in [9.17, 15) is 4.79 Å². The SMILES string of the molecule is CCCCc1noc([C@H](C)N2CCC[C@H]2[C@H]2CCCN2C(C)=O)n1. The third-order valence-electron chi connectivity index (χ3n) is 5.58. The Morgan fingerprint density at radius 3 is 2.79 bits per heavy atom. The zero-order valence-electron chi connectivity index (χ0n) is 15.2. The van der Waals surface area contributed by atoms with Gasteiger partial charge in [-0.3, -0.25) is 9.69 Å². The summed E-state index contributed by atoms with van der Waals surface area (Å²) in [5.74, 6) is 1.75. The van der Waals surface area contributed by atoms with Crippen molar-refractivity contribution in [1.82, 2.24) is 19.9 Å². The van der Waals surface area contributed by atoms with Gasteiger partial charge < -0.3 is 9.42 Å². The molecule has 1 amide bonds. The second kappa shape index (κ2) is 7.64. The molecule has 0 aliphatic carbocycles. The lowest BCUT2D eigenvalue weighted by atomic mass is 10.0. The second-order valence-electron chi connectivity index (χ2n) is 7.20. The van der Waals surface area contributed by atoms with Crippen molar-refractivity contribution in [3.05, 3.63) is 11.7 Å². The van der Waals surface area contributed by atoms with Crippen molar-refractivity contribution in [2.24, 2.45) is 0 Å². The van der Waals surface area contributed by atoms with Crippen molar-refractivity contribution in [2.75, 3.05) is 13.1 Å². The molecule has 3 atom stereocenters. The summed E-state index contributed by atoms with van der Waals surface area (Å²) in [7, 11) is 0. The van der Waals surface area contributed by atoms with E-state index in [2.05, 4.69) is 33.8 Å². The van der Waals surface area contributed by atoms with Gasteiger partial charge in [0.2, 0.25) is 11.8 Å². The summed E-state index contributed by atoms with van der Waals surface area (Å²) < 4.78 is 5.54. The number of rotatable bonds is 6. The van der Waals surface area contributed by atoms with Crippen LogP contribution in [-0.2, 0) is 11.2 Å². The van der Waals surface area contributed by atoms with Crippen LogP contribution in [0.2, 0.25) is 0 Å². The third-order valence-corrected chi connectivity index (χ3v) is 5.58. The summed E-state index contributed by atoms with van der Waals surface area (Å²) in [6.45, 7) is 7.96. The van der Waals surface area contributed by atoms with Crippen molar-refractivity contribution in [3.63, 3.8) is 0 Å². The monoisotopic (exact) mass is 334 g/mol. The lowest BCUT2D eigenvalue weighted by Crippen LogP contribution is -2.48. The second-order valence-corrected chi connectivity index (χ2v) is 7.20. The number of unbranched alkanes of at least 4 members (excludes halogenated alkanes) is 1. The van der Waals surface area contributed by atoms with Gasteiger partial charge >= 0.3 is 0 Å². The Morgan fingerprint density at radius 2 is 2.04 bits per heavy atom. The fraction of sp³-hybridized carbons (Fsp3) is 0.833. The van der Waals surface area contributed by atoms with Crippen molar-refractivity contribution < 1.29 is 9.32 Å². The van der Waals surface area contributed by atoms with Gasteiger partial charge in [-0.05, 0) is 45.6 Å². The van der Waals surface area contributed by atoms with E-state index in [1.165, 1.54) is 6.42 Å². The van der Waals surface area contributed by atoms with E-state index in [1.54, 1.807) is 6.92 Å². The van der Waals surface area contributed by atoms with E-state index >= 15 is 0 Å². The van der Waals surface area contributed by atoms with E-state index in [0.29, 0.717) is 12.1 Å². The van der Waals surface area contributed by atoms with Crippen LogP contribution in [-0.4, -0.2) is 51.0 Å². The first-order valence-corrected chi connectivity index (χ1v) is 9.47. The predicted octanol–water partition coefficient (Wildman–Crippen LogP) is 2.95. The Morgan fingerprint density at radius 1 is 1.29 bits per heavy atom. The molecule has 0 saturated carbocycles. The first kappa shape index (κ1) is 17.4. The van der Waals surface area contributed by atoms with E-state index in [0.717, 1.165) is 63.3 Å². The highest BCUT2D eigenvalue weighted by Crippen LogP contribution is 2.35. The van der Waals surface area contributed by atoms with Gasteiger partial charge in [0.1, 0.15) is 0 Å². The van der Waals surface area contributed by atoms with Crippen LogP contribution in [0, 0.1) is 0 Å². The number of aryl methyl sites for hydroxylation is 1. The zero-order valence-corrected chi connectivity index (χ0v) is 15.2. The number of hydrogen-bond donors (Lipinski definition) is 0. The van der Waals surface area contributed by atoms with Gasteiger partial charge in [-0.1, -0.05) is 18.5 Å². The molecule has 1 aromatic heterocycles. The van der Waals surface area contributed by atoms with Crippen LogP contribution in [0.5, 0.6) is 0 Å². The van der Waals surface area contributed by atoms with E-state index in [1.807, 2.05) is 0 Å². The van der Waals surface area contributed by atoms with E-state index in [4.69, 9.17) is 4.52 Å². The van der Waals surface area contributed by atoms with Crippen LogP contribution in [0.3, 0.4) is 0 Å². The third kappa shape index (κ3) is 3.48. The highest BCUT2D eigenvalue weighted by atomic mass is 16.5. The van der Waals surface area contributed by atoms with Gasteiger partial charge in [0.25, 0.3) is 0 Å². The fourth-order valence-electron chi connectivity index (χ4n) is 4.31. The Bertz CT molecular complexity index is 559. The number of nitrogens with zero attached hydrogens (tertiary/aromatic N) is 4. The molecule has 1 aromatic rings. The largest absolute Gasteiger partial charge is 0.338 e. The number of hydrogen-bond acceptors (Lipinski definition) is 5. The van der Waals surface area contributed by atoms with E-state index < -0.39 is 0 Å². The minimum Gasteiger partial charge on any atom is -0.338 e. The van der Waals surface area contributed by atoms with Crippen molar-refractivity contribution in [3.8, 4) is 0 Å². The Balaban J connectivity index is 1.70. The van der Waals surface area contributed by atoms with Gasteiger partial charge in [0.05, 0.1) is 6.04 Å². The van der Waals surface area contributed by atoms with Crippen molar-refractivity contribution in [2.45, 2.75) is 83.8 Å². The van der Waals surface area contributed by atoms with Crippen molar-refractivity contribution >= 4 is 5.91 Å². The van der Waals surface area contributed by atoms with Gasteiger partial charge in [-0.15, -0.1) is 0 Å². The summed E-state index contributed by atoms with van der Waals surface area (Å²) >= 11 is 0. The maximum Gasteiger partial charge on any atom is 0.243 e. The molecule has 3 heterocycles. The summed E-state index contributed by atoms with van der Waals surface area (Å²) in [6, 6.07) is 0.877. The average Bonchev–Trinajstić information content (AvgIpc) is 3.30. The van der Waals surface area contributed by atoms with Crippen LogP contribution in [0.25, 0.3) is 0 Å². The Hall–Kier alpha value is -1.43. The summed E-state index contributed by atoms with van der Waals surface area (Å²) in [5.41, 5.74) is 0. The molecule has 0 radical (unpaired) electrons. The molecule has 2 aliphatic rings. The minimum absolute atomic E-state index is 0.120. The fourth-order valence-corrected chi connectivity index (χ4v) is 4.31. The topological polar surface area (TPSA) is 62.5 Å². The summed E-state index contributed by atoms with van der Waals surface area (Å²) in [5, 5.41) is 4.13. The molecule has 0 N–H and O–H groups in total. The average molecular weight is 334 g/mol. The smallest absolute Gasteiger partial charge is 0.243 e. The summed E-state index contributed by atoms with van der Waals surface area (Å²) in [4.78, 5) is 21.1. The van der Waals surface area contributed by atoms with Crippen LogP contribution in [0.4, 0.5) is 0 Å². The van der Waals surface area contributed by atoms with Crippen LogP contribution >= 0.6 is 0 Å². The quantitative estimate of drug-likeness (QED) is 0.800. The predicted molar refractivity (Wildman–Crippen MR) is 91.5 cm³/mol. The Labute approximate surface area is 144 Å². The number of carbonyl (C=O) groups is 1. The molecule has 0 unspecified atom stereocenters. The number of amides is 1. The number of likely N-dealkylation sites (tertiary alicyclic amines) is 2. The van der Waals surface area contributed by atoms with Gasteiger partial charge in [-0.25, -0.2) is 0 Å². The first-order valence-electron chi connectivity index (χ1n) is 9.47. The molecular weight excluding hydrogens is 304 g/mol. The zero-order chi connectivity index (χ0) is 17.1. The minimum atomic E-state index is 0.120. The molecule has 134 valence electrons. The normalized spacial score (nSPS) is 26.2. The van der Waals surface area contributed by atoms with Crippen molar-refractivity contribution in [1.29, 1.82) is 0 Å². The van der Waals surface area contributed by atoms with Crippen LogP contribution in [0.15, 0.2) is 4.52 Å². The maximum atomic E-state index is 11.9. The molecule has 0 bridgehead atoms. The molecule has 0 aromatic carbocycles. The van der Waals surface area contributed by atoms with Gasteiger partial charge in [0.15, 0.2) is 5.82 Å². The molecule has 24 heavy (non-hydrogen) atoms. The number of aromatic nitrogens is 2. The van der Waals surface area contributed by atoms with Crippen LogP contribution in [0.1, 0.15) is 77.1 Å². The molecule has 2 aliphatic heterocycles. The molecule has 3 rings (SSSR count). The lowest BCUT2D eigenvalue weighted by Gasteiger charge is -2.36. The standard InChI is InChI=1S/C18H30N4O2/c1-4-5-10-17-19-18(24-20-17)13(2)21-11-6-8-15(21)16-9-7-12-22(16)14(3)23/h13,15-16H,4-12H2,1-3H3/t13-,15-,16+/m0/s1. The molecule has 2 saturated heterocycles. The molecule has 6 heteroatoms. The molecule has 6 nitrogen and oxygen atoms in total.